The smallest absolute Gasteiger partial charge is 0.270 e. The van der Waals surface area contributed by atoms with Crippen molar-refractivity contribution in [3.63, 3.8) is 0 Å². The predicted octanol–water partition coefficient (Wildman–Crippen LogP) is 3.62. The van der Waals surface area contributed by atoms with Gasteiger partial charge in [-0.05, 0) is 43.8 Å². The topological polar surface area (TPSA) is 48.5 Å². The molecule has 1 fully saturated rings. The van der Waals surface area contributed by atoms with Crippen LogP contribution < -0.4 is 10.2 Å². The molecule has 1 aromatic heterocycles. The molecule has 0 bridgehead atoms. The van der Waals surface area contributed by atoms with E-state index in [2.05, 4.69) is 27.1 Å². The normalized spacial score (nSPS) is 16.0. The van der Waals surface area contributed by atoms with E-state index in [-0.39, 0.29) is 17.8 Å². The number of likely N-dealkylation sites (N-methyl/N-ethyl adjacent to an activating group) is 1. The number of hydrogen-bond donors (Lipinski definition) is 1. The van der Waals surface area contributed by atoms with Crippen molar-refractivity contribution in [2.45, 2.75) is 13.0 Å². The highest BCUT2D eigenvalue weighted by Gasteiger charge is 2.19. The van der Waals surface area contributed by atoms with E-state index in [1.54, 1.807) is 6.07 Å². The summed E-state index contributed by atoms with van der Waals surface area (Å²) >= 11 is 0. The summed E-state index contributed by atoms with van der Waals surface area (Å²) < 4.78 is 14.7. The van der Waals surface area contributed by atoms with Crippen LogP contribution in [-0.4, -0.2) is 49.0 Å². The Morgan fingerprint density at radius 3 is 2.59 bits per heavy atom. The number of nitrogens with one attached hydrogen (secondary N) is 1. The van der Waals surface area contributed by atoms with Crippen LogP contribution in [0.4, 0.5) is 10.1 Å². The van der Waals surface area contributed by atoms with Crippen LogP contribution in [0.25, 0.3) is 10.9 Å². The molecule has 1 unspecified atom stereocenters. The molecule has 1 aliphatic heterocycles. The van der Waals surface area contributed by atoms with Crippen LogP contribution in [0.15, 0.2) is 54.6 Å². The number of aromatic nitrogens is 1. The number of anilines is 1. The Morgan fingerprint density at radius 2 is 1.83 bits per heavy atom. The van der Waals surface area contributed by atoms with Gasteiger partial charge in [0.2, 0.25) is 0 Å². The second kappa shape index (κ2) is 8.17. The molecule has 0 radical (unpaired) electrons. The largest absolute Gasteiger partial charge is 0.367 e. The van der Waals surface area contributed by atoms with Crippen molar-refractivity contribution in [1.29, 1.82) is 0 Å². The first-order chi connectivity index (χ1) is 14.0. The van der Waals surface area contributed by atoms with Gasteiger partial charge in [0, 0.05) is 31.6 Å². The minimum atomic E-state index is -0.327. The minimum absolute atomic E-state index is 0.253. The lowest BCUT2D eigenvalue weighted by atomic mass is 10.1. The Morgan fingerprint density at radius 1 is 1.07 bits per heavy atom. The number of halogens is 1. The molecule has 1 N–H and O–H groups in total. The fourth-order valence-corrected chi connectivity index (χ4v) is 3.64. The summed E-state index contributed by atoms with van der Waals surface area (Å²) in [5, 5.41) is 3.91. The molecular weight excluding hydrogens is 367 g/mol. The number of rotatable bonds is 4. The second-order valence-corrected chi connectivity index (χ2v) is 7.59. The van der Waals surface area contributed by atoms with Gasteiger partial charge in [-0.2, -0.15) is 0 Å². The number of carbonyl (C=O) groups excluding carboxylic acids is 1. The number of carbonyl (C=O) groups is 1. The minimum Gasteiger partial charge on any atom is -0.367 e. The third kappa shape index (κ3) is 4.22. The van der Waals surface area contributed by atoms with Gasteiger partial charge in [0.15, 0.2) is 0 Å². The zero-order valence-corrected chi connectivity index (χ0v) is 16.7. The molecule has 29 heavy (non-hydrogen) atoms. The first-order valence-electron chi connectivity index (χ1n) is 9.91. The van der Waals surface area contributed by atoms with Gasteiger partial charge in [-0.15, -0.1) is 0 Å². The van der Waals surface area contributed by atoms with Crippen molar-refractivity contribution in [2.75, 3.05) is 38.1 Å². The lowest BCUT2D eigenvalue weighted by Gasteiger charge is -2.34. The van der Waals surface area contributed by atoms with Gasteiger partial charge in [0.05, 0.1) is 17.2 Å². The van der Waals surface area contributed by atoms with Gasteiger partial charge >= 0.3 is 0 Å². The number of piperazine rings is 1. The third-order valence-electron chi connectivity index (χ3n) is 5.49. The fourth-order valence-electron chi connectivity index (χ4n) is 3.64. The van der Waals surface area contributed by atoms with E-state index in [1.165, 1.54) is 6.07 Å². The number of benzene rings is 2. The van der Waals surface area contributed by atoms with Crippen LogP contribution in [0.3, 0.4) is 0 Å². The monoisotopic (exact) mass is 392 g/mol. The molecule has 6 heteroatoms. The maximum Gasteiger partial charge on any atom is 0.270 e. The standard InChI is InChI=1S/C23H25FN4O/c1-16(25-23(29)21-9-7-17-5-3-4-6-20(17)26-21)18-8-10-22(19(24)15-18)28-13-11-27(2)12-14-28/h3-10,15-16H,11-14H2,1-2H3,(H,25,29). The molecule has 5 nitrogen and oxygen atoms in total. The van der Waals surface area contributed by atoms with Crippen molar-refractivity contribution < 1.29 is 9.18 Å². The summed E-state index contributed by atoms with van der Waals surface area (Å²) in [6, 6.07) is 16.1. The lowest BCUT2D eigenvalue weighted by Crippen LogP contribution is -2.44. The Kier molecular flexibility index (Phi) is 5.45. The first kappa shape index (κ1) is 19.3. The maximum atomic E-state index is 14.7. The van der Waals surface area contributed by atoms with Crippen LogP contribution in [0.1, 0.15) is 29.0 Å². The molecule has 1 saturated heterocycles. The number of para-hydroxylation sites is 1. The van der Waals surface area contributed by atoms with Crippen molar-refractivity contribution in [2.24, 2.45) is 0 Å². The van der Waals surface area contributed by atoms with E-state index in [1.807, 2.05) is 49.4 Å². The Hall–Kier alpha value is -2.99. The number of nitrogens with zero attached hydrogens (tertiary/aromatic N) is 3. The molecule has 0 saturated carbocycles. The Bertz CT molecular complexity index is 1030. The Balaban J connectivity index is 1.46. The van der Waals surface area contributed by atoms with Gasteiger partial charge in [0.1, 0.15) is 11.5 Å². The van der Waals surface area contributed by atoms with Crippen LogP contribution in [-0.2, 0) is 0 Å². The van der Waals surface area contributed by atoms with Gasteiger partial charge < -0.3 is 15.1 Å². The summed E-state index contributed by atoms with van der Waals surface area (Å²) in [6.07, 6.45) is 0. The second-order valence-electron chi connectivity index (χ2n) is 7.59. The summed E-state index contributed by atoms with van der Waals surface area (Å²) in [5.74, 6) is -0.524. The molecule has 2 aromatic carbocycles. The number of amides is 1. The lowest BCUT2D eigenvalue weighted by molar-refractivity contribution is 0.0935. The summed E-state index contributed by atoms with van der Waals surface area (Å²) in [5.41, 5.74) is 2.48. The van der Waals surface area contributed by atoms with Crippen molar-refractivity contribution in [3.05, 3.63) is 71.7 Å². The molecule has 3 aromatic rings. The van der Waals surface area contributed by atoms with E-state index in [0.717, 1.165) is 42.6 Å². The average Bonchev–Trinajstić information content (AvgIpc) is 2.74. The van der Waals surface area contributed by atoms with E-state index in [0.29, 0.717) is 11.4 Å². The highest BCUT2D eigenvalue weighted by molar-refractivity contribution is 5.95. The van der Waals surface area contributed by atoms with E-state index in [4.69, 9.17) is 0 Å². The predicted molar refractivity (Wildman–Crippen MR) is 114 cm³/mol. The molecule has 1 amide bonds. The Labute approximate surface area is 170 Å². The zero-order chi connectivity index (χ0) is 20.4. The third-order valence-corrected chi connectivity index (χ3v) is 5.49. The molecule has 0 spiro atoms. The molecule has 1 atom stereocenters. The fraction of sp³-hybridized carbons (Fsp3) is 0.304. The van der Waals surface area contributed by atoms with Crippen LogP contribution in [0, 0.1) is 5.82 Å². The van der Waals surface area contributed by atoms with Crippen molar-refractivity contribution in [1.82, 2.24) is 15.2 Å². The SMILES string of the molecule is CC(NC(=O)c1ccc2ccccc2n1)c1ccc(N2CCN(C)CC2)c(F)c1. The number of fused-ring (bicyclic) bond motifs is 1. The van der Waals surface area contributed by atoms with Gasteiger partial charge in [-0.25, -0.2) is 9.37 Å². The molecule has 1 aliphatic rings. The summed E-state index contributed by atoms with van der Waals surface area (Å²) in [6.45, 7) is 5.32. The van der Waals surface area contributed by atoms with Crippen LogP contribution in [0.2, 0.25) is 0 Å². The summed E-state index contributed by atoms with van der Waals surface area (Å²) in [7, 11) is 2.07. The highest BCUT2D eigenvalue weighted by atomic mass is 19.1. The van der Waals surface area contributed by atoms with E-state index < -0.39 is 0 Å². The van der Waals surface area contributed by atoms with Gasteiger partial charge in [0.25, 0.3) is 5.91 Å². The summed E-state index contributed by atoms with van der Waals surface area (Å²) in [4.78, 5) is 21.4. The molecule has 0 aliphatic carbocycles. The zero-order valence-electron chi connectivity index (χ0n) is 16.7. The first-order valence-corrected chi connectivity index (χ1v) is 9.91. The van der Waals surface area contributed by atoms with Crippen LogP contribution in [0.5, 0.6) is 0 Å². The quantitative estimate of drug-likeness (QED) is 0.737. The van der Waals surface area contributed by atoms with Crippen molar-refractivity contribution in [3.8, 4) is 0 Å². The van der Waals surface area contributed by atoms with E-state index >= 15 is 0 Å². The molecule has 150 valence electrons. The van der Waals surface area contributed by atoms with Gasteiger partial charge in [-0.1, -0.05) is 30.3 Å². The van der Waals surface area contributed by atoms with E-state index in [9.17, 15) is 9.18 Å². The molecule has 4 rings (SSSR count). The van der Waals surface area contributed by atoms with Crippen molar-refractivity contribution >= 4 is 22.5 Å². The molecular formula is C23H25FN4O. The average molecular weight is 392 g/mol. The number of pyridine rings is 1. The van der Waals surface area contributed by atoms with Gasteiger partial charge in [-0.3, -0.25) is 4.79 Å². The maximum absolute atomic E-state index is 14.7. The number of hydrogen-bond acceptors (Lipinski definition) is 4. The highest BCUT2D eigenvalue weighted by Crippen LogP contribution is 2.25. The molecule has 2 heterocycles. The van der Waals surface area contributed by atoms with Crippen LogP contribution >= 0.6 is 0 Å².